The summed E-state index contributed by atoms with van der Waals surface area (Å²) < 4.78 is 38.3. The number of nitrogens with zero attached hydrogens (tertiary/aromatic N) is 1. The Morgan fingerprint density at radius 2 is 2.00 bits per heavy atom. The number of hydrogen-bond donors (Lipinski definition) is 0. The summed E-state index contributed by atoms with van der Waals surface area (Å²) in [5, 5.41) is 0. The van der Waals surface area contributed by atoms with Crippen LogP contribution in [0.4, 0.5) is 10.1 Å². The average Bonchev–Trinajstić information content (AvgIpc) is 2.28. The maximum Gasteiger partial charge on any atom is 0.235 e. The summed E-state index contributed by atoms with van der Waals surface area (Å²) in [6.07, 6.45) is 0. The molecule has 0 aliphatic heterocycles. The number of para-hydroxylation sites is 1. The molecule has 1 rings (SSSR count). The summed E-state index contributed by atoms with van der Waals surface area (Å²) in [7, 11) is -2.20. The molecule has 0 aromatic heterocycles. The number of rotatable bonds is 5. The molecule has 0 fully saturated rings. The number of benzene rings is 1. The highest BCUT2D eigenvalue weighted by molar-refractivity contribution is 7.92. The second-order valence-corrected chi connectivity index (χ2v) is 6.31. The Bertz CT molecular complexity index is 478. The lowest BCUT2D eigenvalue weighted by atomic mass is 10.3. The molecule has 1 atom stereocenters. The number of halogens is 2. The van der Waals surface area contributed by atoms with Gasteiger partial charge >= 0.3 is 0 Å². The van der Waals surface area contributed by atoms with Gasteiger partial charge in [0.1, 0.15) is 5.82 Å². The first-order valence-corrected chi connectivity index (χ1v) is 7.30. The minimum atomic E-state index is -3.54. The predicted molar refractivity (Wildman–Crippen MR) is 68.5 cm³/mol. The molecule has 0 aliphatic rings. The second kappa shape index (κ2) is 5.69. The van der Waals surface area contributed by atoms with Crippen LogP contribution in [0.15, 0.2) is 24.3 Å². The fraction of sp³-hybridized carbons (Fsp3) is 0.455. The quantitative estimate of drug-likeness (QED) is 0.777. The van der Waals surface area contributed by atoms with Gasteiger partial charge in [0.25, 0.3) is 0 Å². The van der Waals surface area contributed by atoms with Crippen LogP contribution >= 0.6 is 11.6 Å². The zero-order valence-corrected chi connectivity index (χ0v) is 11.3. The Morgan fingerprint density at radius 1 is 1.41 bits per heavy atom. The molecule has 17 heavy (non-hydrogen) atoms. The third-order valence-corrected chi connectivity index (χ3v) is 4.92. The van der Waals surface area contributed by atoms with Crippen LogP contribution in [0.5, 0.6) is 0 Å². The van der Waals surface area contributed by atoms with Crippen LogP contribution < -0.4 is 4.31 Å². The molecule has 0 bridgehead atoms. The lowest BCUT2D eigenvalue weighted by molar-refractivity contribution is 0.578. The van der Waals surface area contributed by atoms with E-state index in [1.807, 2.05) is 0 Å². The molecule has 1 unspecified atom stereocenters. The Balaban J connectivity index is 2.97. The first kappa shape index (κ1) is 14.3. The fourth-order valence-corrected chi connectivity index (χ4v) is 3.12. The minimum absolute atomic E-state index is 0.0503. The molecule has 1 aromatic carbocycles. The molecule has 3 nitrogen and oxygen atoms in total. The van der Waals surface area contributed by atoms with E-state index in [2.05, 4.69) is 0 Å². The van der Waals surface area contributed by atoms with E-state index >= 15 is 0 Å². The van der Waals surface area contributed by atoms with E-state index in [1.54, 1.807) is 13.0 Å². The molecule has 0 amide bonds. The van der Waals surface area contributed by atoms with Gasteiger partial charge in [0.15, 0.2) is 0 Å². The zero-order chi connectivity index (χ0) is 13.1. The van der Waals surface area contributed by atoms with E-state index in [-0.39, 0.29) is 23.2 Å². The SMILES string of the molecule is CC(CCl)CS(=O)(=O)N(C)c1ccccc1F. The van der Waals surface area contributed by atoms with Gasteiger partial charge in [-0.2, -0.15) is 0 Å². The summed E-state index contributed by atoms with van der Waals surface area (Å²) in [5.41, 5.74) is 0.0503. The van der Waals surface area contributed by atoms with E-state index in [0.29, 0.717) is 0 Å². The van der Waals surface area contributed by atoms with Gasteiger partial charge in [0.2, 0.25) is 10.0 Å². The van der Waals surface area contributed by atoms with Gasteiger partial charge in [-0.1, -0.05) is 19.1 Å². The fourth-order valence-electron chi connectivity index (χ4n) is 1.37. The summed E-state index contributed by atoms with van der Waals surface area (Å²) >= 11 is 5.58. The van der Waals surface area contributed by atoms with Crippen LogP contribution in [0.1, 0.15) is 6.92 Å². The molecular formula is C11H15ClFNO2S. The molecule has 0 saturated heterocycles. The molecule has 1 aromatic rings. The standard InChI is InChI=1S/C11H15ClFNO2S/c1-9(7-12)8-17(15,16)14(2)11-6-4-3-5-10(11)13/h3-6,9H,7-8H2,1-2H3. The van der Waals surface area contributed by atoms with E-state index in [0.717, 1.165) is 4.31 Å². The summed E-state index contributed by atoms with van der Waals surface area (Å²) in [5.74, 6) is -0.570. The molecule has 0 saturated carbocycles. The Hall–Kier alpha value is -0.810. The molecule has 0 spiro atoms. The van der Waals surface area contributed by atoms with Crippen LogP contribution in [0.2, 0.25) is 0 Å². The largest absolute Gasteiger partial charge is 0.270 e. The van der Waals surface area contributed by atoms with Crippen molar-refractivity contribution in [1.29, 1.82) is 0 Å². The molecule has 0 heterocycles. The van der Waals surface area contributed by atoms with Crippen LogP contribution in [0, 0.1) is 11.7 Å². The summed E-state index contributed by atoms with van der Waals surface area (Å²) in [6, 6.07) is 5.76. The van der Waals surface area contributed by atoms with Crippen LogP contribution in [0.3, 0.4) is 0 Å². The van der Waals surface area contributed by atoms with Crippen LogP contribution in [-0.4, -0.2) is 27.1 Å². The smallest absolute Gasteiger partial charge is 0.235 e. The van der Waals surface area contributed by atoms with Crippen LogP contribution in [-0.2, 0) is 10.0 Å². The molecule has 6 heteroatoms. The van der Waals surface area contributed by atoms with Crippen molar-refractivity contribution in [3.63, 3.8) is 0 Å². The van der Waals surface area contributed by atoms with Gasteiger partial charge < -0.3 is 0 Å². The first-order chi connectivity index (χ1) is 7.88. The Morgan fingerprint density at radius 3 is 2.53 bits per heavy atom. The monoisotopic (exact) mass is 279 g/mol. The van der Waals surface area contributed by atoms with Crippen molar-refractivity contribution < 1.29 is 12.8 Å². The van der Waals surface area contributed by atoms with E-state index in [9.17, 15) is 12.8 Å². The maximum atomic E-state index is 13.5. The molecule has 96 valence electrons. The first-order valence-electron chi connectivity index (χ1n) is 5.15. The molecular weight excluding hydrogens is 265 g/mol. The van der Waals surface area contributed by atoms with Crippen molar-refractivity contribution in [2.45, 2.75) is 6.92 Å². The average molecular weight is 280 g/mol. The highest BCUT2D eigenvalue weighted by Crippen LogP contribution is 2.21. The van der Waals surface area contributed by atoms with Gasteiger partial charge in [-0.05, 0) is 18.1 Å². The highest BCUT2D eigenvalue weighted by Gasteiger charge is 2.23. The van der Waals surface area contributed by atoms with E-state index in [1.165, 1.54) is 25.2 Å². The summed E-state index contributed by atoms with van der Waals surface area (Å²) in [6.45, 7) is 1.74. The molecule has 0 aliphatic carbocycles. The van der Waals surface area contributed by atoms with Crippen molar-refractivity contribution in [3.8, 4) is 0 Å². The summed E-state index contributed by atoms with van der Waals surface area (Å²) in [4.78, 5) is 0. The van der Waals surface area contributed by atoms with Gasteiger partial charge in [0, 0.05) is 12.9 Å². The van der Waals surface area contributed by atoms with E-state index in [4.69, 9.17) is 11.6 Å². The van der Waals surface area contributed by atoms with Crippen molar-refractivity contribution >= 4 is 27.3 Å². The van der Waals surface area contributed by atoms with Crippen LogP contribution in [0.25, 0.3) is 0 Å². The minimum Gasteiger partial charge on any atom is -0.270 e. The topological polar surface area (TPSA) is 37.4 Å². The Kier molecular flexibility index (Phi) is 4.77. The second-order valence-electron chi connectivity index (χ2n) is 3.96. The van der Waals surface area contributed by atoms with Gasteiger partial charge in [-0.25, -0.2) is 12.8 Å². The highest BCUT2D eigenvalue weighted by atomic mass is 35.5. The predicted octanol–water partition coefficient (Wildman–Crippen LogP) is 2.47. The van der Waals surface area contributed by atoms with E-state index < -0.39 is 15.8 Å². The molecule has 0 radical (unpaired) electrons. The van der Waals surface area contributed by atoms with Crippen molar-refractivity contribution in [1.82, 2.24) is 0 Å². The molecule has 0 N–H and O–H groups in total. The van der Waals surface area contributed by atoms with Crippen molar-refractivity contribution in [3.05, 3.63) is 30.1 Å². The van der Waals surface area contributed by atoms with Crippen molar-refractivity contribution in [2.75, 3.05) is 23.0 Å². The van der Waals surface area contributed by atoms with Gasteiger partial charge in [-0.3, -0.25) is 4.31 Å². The van der Waals surface area contributed by atoms with Gasteiger partial charge in [-0.15, -0.1) is 11.6 Å². The third kappa shape index (κ3) is 3.57. The number of sulfonamides is 1. The number of anilines is 1. The lowest BCUT2D eigenvalue weighted by Gasteiger charge is -2.21. The number of hydrogen-bond acceptors (Lipinski definition) is 2. The number of alkyl halides is 1. The van der Waals surface area contributed by atoms with Crippen molar-refractivity contribution in [2.24, 2.45) is 5.92 Å². The maximum absolute atomic E-state index is 13.5. The Labute approximate surface area is 106 Å². The normalized spacial score (nSPS) is 13.4. The van der Waals surface area contributed by atoms with Gasteiger partial charge in [0.05, 0.1) is 11.4 Å². The zero-order valence-electron chi connectivity index (χ0n) is 9.73. The lowest BCUT2D eigenvalue weighted by Crippen LogP contribution is -2.32. The third-order valence-electron chi connectivity index (χ3n) is 2.37.